The minimum atomic E-state index is -0.192. The molecule has 0 spiro atoms. The van der Waals surface area contributed by atoms with Crippen molar-refractivity contribution >= 4 is 23.5 Å². The van der Waals surface area contributed by atoms with E-state index in [-0.39, 0.29) is 6.03 Å². The summed E-state index contributed by atoms with van der Waals surface area (Å²) in [6, 6.07) is 5.93. The molecule has 2 amide bonds. The molecular formula is C26H38N6O2. The number of nitrogens with zero attached hydrogens (tertiary/aromatic N) is 3. The lowest BCUT2D eigenvalue weighted by Gasteiger charge is -2.30. The Balaban J connectivity index is 1.26. The first-order chi connectivity index (χ1) is 16.4. The predicted molar refractivity (Wildman–Crippen MR) is 137 cm³/mol. The number of urea groups is 1. The normalized spacial score (nSPS) is 19.6. The van der Waals surface area contributed by atoms with Crippen LogP contribution in [0.1, 0.15) is 55.3 Å². The van der Waals surface area contributed by atoms with Gasteiger partial charge in [-0.3, -0.25) is 0 Å². The number of ether oxygens (including phenoxy) is 1. The van der Waals surface area contributed by atoms with Gasteiger partial charge in [0.25, 0.3) is 0 Å². The van der Waals surface area contributed by atoms with Gasteiger partial charge in [0, 0.05) is 32.2 Å². The van der Waals surface area contributed by atoms with E-state index in [2.05, 4.69) is 34.9 Å². The third kappa shape index (κ3) is 5.90. The third-order valence-electron chi connectivity index (χ3n) is 6.92. The molecule has 1 heterocycles. The van der Waals surface area contributed by atoms with Crippen LogP contribution in [-0.4, -0.2) is 49.8 Å². The minimum Gasteiger partial charge on any atom is -0.495 e. The highest BCUT2D eigenvalue weighted by atomic mass is 16.5. The van der Waals surface area contributed by atoms with Crippen LogP contribution < -0.4 is 25.6 Å². The van der Waals surface area contributed by atoms with Gasteiger partial charge in [0.05, 0.1) is 18.5 Å². The summed E-state index contributed by atoms with van der Waals surface area (Å²) >= 11 is 0. The molecule has 8 nitrogen and oxygen atoms in total. The number of rotatable bonds is 7. The van der Waals surface area contributed by atoms with Crippen LogP contribution in [0.15, 0.2) is 18.2 Å². The van der Waals surface area contributed by atoms with Crippen molar-refractivity contribution in [3.63, 3.8) is 0 Å². The summed E-state index contributed by atoms with van der Waals surface area (Å²) in [5.41, 5.74) is 4.29. The van der Waals surface area contributed by atoms with Crippen LogP contribution in [0.25, 0.3) is 0 Å². The second-order valence-electron chi connectivity index (χ2n) is 9.80. The summed E-state index contributed by atoms with van der Waals surface area (Å²) < 4.78 is 5.34. The molecule has 2 aromatic rings. The van der Waals surface area contributed by atoms with Crippen molar-refractivity contribution in [3.05, 3.63) is 35.0 Å². The Hall–Kier alpha value is -3.03. The lowest BCUT2D eigenvalue weighted by molar-refractivity contribution is 0.246. The van der Waals surface area contributed by atoms with Crippen molar-refractivity contribution in [2.45, 2.75) is 64.3 Å². The minimum absolute atomic E-state index is 0.192. The highest BCUT2D eigenvalue weighted by Crippen LogP contribution is 2.30. The van der Waals surface area contributed by atoms with Gasteiger partial charge in [-0.1, -0.05) is 6.07 Å². The Morgan fingerprint density at radius 1 is 1.12 bits per heavy atom. The van der Waals surface area contributed by atoms with Crippen LogP contribution in [0.3, 0.4) is 0 Å². The molecule has 184 valence electrons. The molecule has 0 atom stereocenters. The van der Waals surface area contributed by atoms with Gasteiger partial charge in [0.2, 0.25) is 5.95 Å². The van der Waals surface area contributed by atoms with E-state index in [1.54, 1.807) is 7.11 Å². The van der Waals surface area contributed by atoms with Gasteiger partial charge in [-0.2, -0.15) is 4.98 Å². The first-order valence-electron chi connectivity index (χ1n) is 12.5. The van der Waals surface area contributed by atoms with Crippen LogP contribution in [0.4, 0.5) is 22.2 Å². The molecule has 0 saturated heterocycles. The molecule has 3 N–H and O–H groups in total. The summed E-state index contributed by atoms with van der Waals surface area (Å²) in [5, 5.41) is 9.55. The van der Waals surface area contributed by atoms with Gasteiger partial charge in [0.1, 0.15) is 11.6 Å². The quantitative estimate of drug-likeness (QED) is 0.555. The van der Waals surface area contributed by atoms with E-state index < -0.39 is 0 Å². The van der Waals surface area contributed by atoms with E-state index in [9.17, 15) is 4.79 Å². The van der Waals surface area contributed by atoms with Gasteiger partial charge < -0.3 is 25.6 Å². The SMILES string of the molecule is COc1ccc(C)cc1NC(=O)NCC1CCC(Nc2nc3c(c(N(C)C)n2)CCCC3)CC1. The molecule has 2 aliphatic rings. The number of anilines is 3. The monoisotopic (exact) mass is 466 g/mol. The zero-order valence-corrected chi connectivity index (χ0v) is 20.9. The molecule has 1 saturated carbocycles. The number of benzene rings is 1. The van der Waals surface area contributed by atoms with Gasteiger partial charge in [-0.25, -0.2) is 9.78 Å². The number of carbonyl (C=O) groups excluding carboxylic acids is 1. The van der Waals surface area contributed by atoms with Crippen LogP contribution in [0.5, 0.6) is 5.75 Å². The average Bonchev–Trinajstić information content (AvgIpc) is 2.83. The van der Waals surface area contributed by atoms with E-state index in [1.165, 1.54) is 24.1 Å². The molecule has 0 unspecified atom stereocenters. The number of aryl methyl sites for hydroxylation is 2. The Bertz CT molecular complexity index is 1000. The topological polar surface area (TPSA) is 91.4 Å². The highest BCUT2D eigenvalue weighted by Gasteiger charge is 2.24. The first-order valence-corrected chi connectivity index (χ1v) is 12.5. The number of fused-ring (bicyclic) bond motifs is 1. The van der Waals surface area contributed by atoms with Gasteiger partial charge in [-0.05, 0) is 81.9 Å². The van der Waals surface area contributed by atoms with Crippen LogP contribution in [-0.2, 0) is 12.8 Å². The first kappa shape index (κ1) is 24.1. The third-order valence-corrected chi connectivity index (χ3v) is 6.92. The molecule has 2 aliphatic carbocycles. The van der Waals surface area contributed by atoms with Crippen molar-refractivity contribution in [3.8, 4) is 5.75 Å². The molecule has 4 rings (SSSR count). The van der Waals surface area contributed by atoms with Crippen molar-refractivity contribution < 1.29 is 9.53 Å². The summed E-state index contributed by atoms with van der Waals surface area (Å²) in [6.45, 7) is 2.67. The number of aromatic nitrogens is 2. The van der Waals surface area contributed by atoms with Gasteiger partial charge in [0.15, 0.2) is 0 Å². The molecule has 34 heavy (non-hydrogen) atoms. The van der Waals surface area contributed by atoms with Crippen molar-refractivity contribution in [2.75, 3.05) is 43.3 Å². The number of hydrogen-bond acceptors (Lipinski definition) is 6. The van der Waals surface area contributed by atoms with Crippen molar-refractivity contribution in [1.29, 1.82) is 0 Å². The molecule has 1 fully saturated rings. The molecule has 0 bridgehead atoms. The second kappa shape index (κ2) is 10.9. The standard InChI is InChI=1S/C26H38N6O2/c1-17-9-14-23(34-4)22(15-17)30-26(33)27-16-18-10-12-19(13-11-18)28-25-29-21-8-6-5-7-20(21)24(31-25)32(2)3/h9,14-15,18-19H,5-8,10-13,16H2,1-4H3,(H2,27,30,33)(H,28,29,31). The highest BCUT2D eigenvalue weighted by molar-refractivity contribution is 5.91. The molecule has 1 aromatic carbocycles. The maximum atomic E-state index is 12.4. The molecule has 0 radical (unpaired) electrons. The summed E-state index contributed by atoms with van der Waals surface area (Å²) in [5.74, 6) is 2.96. The Kier molecular flexibility index (Phi) is 7.75. The average molecular weight is 467 g/mol. The number of carbonyl (C=O) groups is 1. The smallest absolute Gasteiger partial charge is 0.319 e. The maximum absolute atomic E-state index is 12.4. The van der Waals surface area contributed by atoms with Crippen LogP contribution >= 0.6 is 0 Å². The zero-order chi connectivity index (χ0) is 24.1. The van der Waals surface area contributed by atoms with Crippen LogP contribution in [0, 0.1) is 12.8 Å². The number of amides is 2. The molecule has 0 aliphatic heterocycles. The number of nitrogens with one attached hydrogen (secondary N) is 3. The lowest BCUT2D eigenvalue weighted by Crippen LogP contribution is -2.36. The fourth-order valence-electron chi connectivity index (χ4n) is 5.03. The Morgan fingerprint density at radius 3 is 2.62 bits per heavy atom. The van der Waals surface area contributed by atoms with Gasteiger partial charge in [-0.15, -0.1) is 0 Å². The number of hydrogen-bond donors (Lipinski definition) is 3. The predicted octanol–water partition coefficient (Wildman–Crippen LogP) is 4.53. The lowest BCUT2D eigenvalue weighted by atomic mass is 9.86. The van der Waals surface area contributed by atoms with Gasteiger partial charge >= 0.3 is 6.03 Å². The number of methoxy groups -OCH3 is 1. The fourth-order valence-corrected chi connectivity index (χ4v) is 5.03. The Labute approximate surface area is 202 Å². The second-order valence-corrected chi connectivity index (χ2v) is 9.80. The summed E-state index contributed by atoms with van der Waals surface area (Å²) in [7, 11) is 5.73. The largest absolute Gasteiger partial charge is 0.495 e. The van der Waals surface area contributed by atoms with E-state index in [0.717, 1.165) is 55.9 Å². The van der Waals surface area contributed by atoms with Crippen molar-refractivity contribution in [1.82, 2.24) is 15.3 Å². The summed E-state index contributed by atoms with van der Waals surface area (Å²) in [4.78, 5) is 24.3. The molecule has 1 aromatic heterocycles. The molecule has 8 heteroatoms. The van der Waals surface area contributed by atoms with E-state index >= 15 is 0 Å². The maximum Gasteiger partial charge on any atom is 0.319 e. The summed E-state index contributed by atoms with van der Waals surface area (Å²) in [6.07, 6.45) is 8.79. The van der Waals surface area contributed by atoms with E-state index in [1.807, 2.05) is 25.1 Å². The van der Waals surface area contributed by atoms with E-state index in [4.69, 9.17) is 14.7 Å². The zero-order valence-electron chi connectivity index (χ0n) is 20.9. The van der Waals surface area contributed by atoms with E-state index in [0.29, 0.717) is 29.9 Å². The van der Waals surface area contributed by atoms with Crippen LogP contribution in [0.2, 0.25) is 0 Å². The van der Waals surface area contributed by atoms with Crippen molar-refractivity contribution in [2.24, 2.45) is 5.92 Å². The fraction of sp³-hybridized carbons (Fsp3) is 0.577. The molecular weight excluding hydrogens is 428 g/mol. The Morgan fingerprint density at radius 2 is 1.88 bits per heavy atom.